The maximum atomic E-state index is 4.85. The van der Waals surface area contributed by atoms with Gasteiger partial charge in [-0.25, -0.2) is 0 Å². The molecule has 2 rings (SSSR count). The predicted molar refractivity (Wildman–Crippen MR) is 94.9 cm³/mol. The molecule has 0 bridgehead atoms. The first-order chi connectivity index (χ1) is 10.2. The third-order valence-corrected chi connectivity index (χ3v) is 4.22. The Morgan fingerprint density at radius 1 is 0.955 bits per heavy atom. The lowest BCUT2D eigenvalue weighted by Crippen LogP contribution is -2.60. The first-order valence-corrected chi connectivity index (χ1v) is 8.31. The molecule has 1 aromatic carbocycles. The number of benzene rings is 1. The second-order valence-corrected chi connectivity index (χ2v) is 8.09. The van der Waals surface area contributed by atoms with E-state index in [1.807, 2.05) is 0 Å². The molecule has 3 heteroatoms. The SMILES string of the molecule is CCC1N=CN(C(C)(C)C)C(c2ccccc2)N1C(C)(C)C. The van der Waals surface area contributed by atoms with Crippen LogP contribution in [0, 0.1) is 0 Å². The van der Waals surface area contributed by atoms with E-state index in [9.17, 15) is 0 Å². The Balaban J connectivity index is 2.58. The number of hydrogen-bond acceptors (Lipinski definition) is 3. The largest absolute Gasteiger partial charge is 0.338 e. The highest BCUT2D eigenvalue weighted by Crippen LogP contribution is 2.39. The molecule has 1 aliphatic rings. The maximum absolute atomic E-state index is 4.85. The molecule has 0 spiro atoms. The molecule has 1 aromatic rings. The van der Waals surface area contributed by atoms with Crippen molar-refractivity contribution in [1.82, 2.24) is 9.80 Å². The van der Waals surface area contributed by atoms with Crippen molar-refractivity contribution in [3.05, 3.63) is 35.9 Å². The van der Waals surface area contributed by atoms with Crippen molar-refractivity contribution in [2.45, 2.75) is 78.3 Å². The summed E-state index contributed by atoms with van der Waals surface area (Å²) in [6, 6.07) is 10.8. The van der Waals surface area contributed by atoms with Gasteiger partial charge in [0, 0.05) is 11.1 Å². The molecule has 0 saturated heterocycles. The molecule has 0 fully saturated rings. The highest BCUT2D eigenvalue weighted by molar-refractivity contribution is 5.59. The van der Waals surface area contributed by atoms with Crippen LogP contribution in [-0.4, -0.2) is 33.4 Å². The molecule has 2 atom stereocenters. The van der Waals surface area contributed by atoms with Crippen LogP contribution in [0.3, 0.4) is 0 Å². The second kappa shape index (κ2) is 6.04. The molecule has 0 amide bonds. The Kier molecular flexibility index (Phi) is 4.67. The van der Waals surface area contributed by atoms with E-state index in [4.69, 9.17) is 4.99 Å². The summed E-state index contributed by atoms with van der Waals surface area (Å²) >= 11 is 0. The Morgan fingerprint density at radius 3 is 2.00 bits per heavy atom. The van der Waals surface area contributed by atoms with E-state index in [-0.39, 0.29) is 23.4 Å². The molecule has 0 aromatic heterocycles. The third kappa shape index (κ3) is 3.35. The van der Waals surface area contributed by atoms with Gasteiger partial charge in [-0.1, -0.05) is 37.3 Å². The molecule has 122 valence electrons. The quantitative estimate of drug-likeness (QED) is 0.791. The first-order valence-electron chi connectivity index (χ1n) is 8.31. The third-order valence-electron chi connectivity index (χ3n) is 4.22. The minimum Gasteiger partial charge on any atom is -0.338 e. The van der Waals surface area contributed by atoms with E-state index in [0.29, 0.717) is 0 Å². The lowest BCUT2D eigenvalue weighted by atomic mass is 9.95. The molecule has 0 aliphatic carbocycles. The van der Waals surface area contributed by atoms with E-state index in [2.05, 4.69) is 94.9 Å². The smallest absolute Gasteiger partial charge is 0.112 e. The fourth-order valence-corrected chi connectivity index (χ4v) is 3.18. The Bertz CT molecular complexity index is 508. The number of rotatable bonds is 2. The summed E-state index contributed by atoms with van der Waals surface area (Å²) in [6.07, 6.45) is 3.52. The monoisotopic (exact) mass is 301 g/mol. The molecule has 2 unspecified atom stereocenters. The van der Waals surface area contributed by atoms with Gasteiger partial charge in [0.15, 0.2) is 0 Å². The fourth-order valence-electron chi connectivity index (χ4n) is 3.18. The van der Waals surface area contributed by atoms with Gasteiger partial charge in [0.2, 0.25) is 0 Å². The van der Waals surface area contributed by atoms with Crippen molar-refractivity contribution in [3.8, 4) is 0 Å². The molecule has 3 nitrogen and oxygen atoms in total. The zero-order chi connectivity index (χ0) is 16.5. The minimum atomic E-state index is 0.0201. The van der Waals surface area contributed by atoms with Gasteiger partial charge in [0.1, 0.15) is 12.3 Å². The van der Waals surface area contributed by atoms with Gasteiger partial charge >= 0.3 is 0 Å². The topological polar surface area (TPSA) is 18.8 Å². The van der Waals surface area contributed by atoms with E-state index < -0.39 is 0 Å². The molecule has 0 N–H and O–H groups in total. The summed E-state index contributed by atoms with van der Waals surface area (Å²) < 4.78 is 0. The van der Waals surface area contributed by atoms with Gasteiger partial charge in [-0.2, -0.15) is 0 Å². The van der Waals surface area contributed by atoms with Gasteiger partial charge in [-0.15, -0.1) is 0 Å². The van der Waals surface area contributed by atoms with E-state index in [1.165, 1.54) is 5.56 Å². The van der Waals surface area contributed by atoms with Crippen LogP contribution in [0.15, 0.2) is 35.3 Å². The van der Waals surface area contributed by atoms with Crippen molar-refractivity contribution in [2.75, 3.05) is 0 Å². The Labute approximate surface area is 136 Å². The first kappa shape index (κ1) is 17.0. The summed E-state index contributed by atoms with van der Waals surface area (Å²) in [5.41, 5.74) is 1.39. The molecule has 1 aliphatic heterocycles. The van der Waals surface area contributed by atoms with Crippen molar-refractivity contribution in [3.63, 3.8) is 0 Å². The van der Waals surface area contributed by atoms with Crippen LogP contribution in [0.2, 0.25) is 0 Å². The van der Waals surface area contributed by atoms with Crippen LogP contribution < -0.4 is 0 Å². The van der Waals surface area contributed by atoms with Gasteiger partial charge in [-0.05, 0) is 53.5 Å². The zero-order valence-electron chi connectivity index (χ0n) is 15.2. The number of nitrogens with zero attached hydrogens (tertiary/aromatic N) is 3. The molecule has 0 radical (unpaired) electrons. The zero-order valence-corrected chi connectivity index (χ0v) is 15.2. The summed E-state index contributed by atoms with van der Waals surface area (Å²) in [6.45, 7) is 15.8. The second-order valence-electron chi connectivity index (χ2n) is 8.09. The van der Waals surface area contributed by atoms with Crippen LogP contribution in [0.5, 0.6) is 0 Å². The van der Waals surface area contributed by atoms with Crippen molar-refractivity contribution in [1.29, 1.82) is 0 Å². The van der Waals surface area contributed by atoms with E-state index in [1.54, 1.807) is 0 Å². The standard InChI is InChI=1S/C19H31N3/c1-8-16-20-14-21(18(2,3)4)17(22(16)19(5,6)7)15-12-10-9-11-13-15/h9-14,16-17H,8H2,1-7H3. The van der Waals surface area contributed by atoms with Crippen LogP contribution in [0.4, 0.5) is 0 Å². The van der Waals surface area contributed by atoms with Crippen molar-refractivity contribution >= 4 is 6.34 Å². The predicted octanol–water partition coefficient (Wildman–Crippen LogP) is 4.66. The normalized spacial score (nSPS) is 23.9. The average molecular weight is 301 g/mol. The van der Waals surface area contributed by atoms with Gasteiger partial charge < -0.3 is 4.90 Å². The number of hydrogen-bond donors (Lipinski definition) is 0. The highest BCUT2D eigenvalue weighted by atomic mass is 15.5. The van der Waals surface area contributed by atoms with Crippen LogP contribution in [0.1, 0.15) is 66.6 Å². The summed E-state index contributed by atoms with van der Waals surface area (Å²) in [4.78, 5) is 9.78. The van der Waals surface area contributed by atoms with Gasteiger partial charge in [-0.3, -0.25) is 9.89 Å². The Morgan fingerprint density at radius 2 is 1.55 bits per heavy atom. The number of aliphatic imine (C=N–C) groups is 1. The lowest BCUT2D eigenvalue weighted by Gasteiger charge is -2.54. The van der Waals surface area contributed by atoms with Crippen LogP contribution in [0.25, 0.3) is 0 Å². The summed E-state index contributed by atoms with van der Waals surface area (Å²) in [7, 11) is 0. The Hall–Kier alpha value is -1.35. The maximum Gasteiger partial charge on any atom is 0.112 e. The minimum absolute atomic E-state index is 0.0201. The lowest BCUT2D eigenvalue weighted by molar-refractivity contribution is -0.0585. The van der Waals surface area contributed by atoms with Gasteiger partial charge in [0.05, 0.1) is 6.34 Å². The van der Waals surface area contributed by atoms with Crippen LogP contribution >= 0.6 is 0 Å². The average Bonchev–Trinajstić information content (AvgIpc) is 2.44. The summed E-state index contributed by atoms with van der Waals surface area (Å²) in [5, 5.41) is 0. The van der Waals surface area contributed by atoms with Crippen molar-refractivity contribution < 1.29 is 0 Å². The molecule has 22 heavy (non-hydrogen) atoms. The molecule has 0 saturated carbocycles. The van der Waals surface area contributed by atoms with E-state index in [0.717, 1.165) is 6.42 Å². The molecular formula is C19H31N3. The van der Waals surface area contributed by atoms with Gasteiger partial charge in [0.25, 0.3) is 0 Å². The molecule has 1 heterocycles. The fraction of sp³-hybridized carbons (Fsp3) is 0.632. The highest BCUT2D eigenvalue weighted by Gasteiger charge is 2.42. The summed E-state index contributed by atoms with van der Waals surface area (Å²) in [5.74, 6) is 0. The molecular weight excluding hydrogens is 270 g/mol. The van der Waals surface area contributed by atoms with E-state index >= 15 is 0 Å². The van der Waals surface area contributed by atoms with Crippen LogP contribution in [-0.2, 0) is 0 Å². The van der Waals surface area contributed by atoms with Crippen molar-refractivity contribution in [2.24, 2.45) is 4.99 Å².